The van der Waals surface area contributed by atoms with Gasteiger partial charge >= 0.3 is 6.09 Å². The number of para-hydroxylation sites is 2. The topological polar surface area (TPSA) is 92.9 Å². The van der Waals surface area contributed by atoms with Crippen LogP contribution >= 0.6 is 11.8 Å². The van der Waals surface area contributed by atoms with Gasteiger partial charge in [-0.1, -0.05) is 30.3 Å². The van der Waals surface area contributed by atoms with Gasteiger partial charge < -0.3 is 10.4 Å². The van der Waals surface area contributed by atoms with Crippen molar-refractivity contribution in [3.63, 3.8) is 0 Å². The summed E-state index contributed by atoms with van der Waals surface area (Å²) in [4.78, 5) is 24.0. The van der Waals surface area contributed by atoms with Gasteiger partial charge in [-0.05, 0) is 62.8 Å². The minimum absolute atomic E-state index is 0.0568. The van der Waals surface area contributed by atoms with Crippen molar-refractivity contribution in [1.82, 2.24) is 24.8 Å². The van der Waals surface area contributed by atoms with E-state index in [4.69, 9.17) is 5.11 Å². The van der Waals surface area contributed by atoms with E-state index in [9.17, 15) is 13.6 Å². The van der Waals surface area contributed by atoms with Crippen molar-refractivity contribution >= 4 is 28.9 Å². The second kappa shape index (κ2) is 10.5. The van der Waals surface area contributed by atoms with Gasteiger partial charge in [0.2, 0.25) is 0 Å². The zero-order valence-corrected chi connectivity index (χ0v) is 19.2. The number of alkyl halides is 2. The molecule has 2 aromatic heterocycles. The Hall–Kier alpha value is -2.75. The van der Waals surface area contributed by atoms with Crippen molar-refractivity contribution < 1.29 is 18.7 Å². The molecule has 4 rings (SSSR count). The predicted octanol–water partition coefficient (Wildman–Crippen LogP) is 5.62. The number of carboxylic acid groups (broad SMARTS) is 1. The van der Waals surface area contributed by atoms with Crippen molar-refractivity contribution in [2.75, 3.05) is 6.26 Å². The van der Waals surface area contributed by atoms with Gasteiger partial charge in [0.05, 0.1) is 11.0 Å². The largest absolute Gasteiger partial charge is 0.465 e. The van der Waals surface area contributed by atoms with Crippen LogP contribution in [0.4, 0.5) is 13.6 Å². The lowest BCUT2D eigenvalue weighted by Gasteiger charge is -2.28. The molecule has 2 heterocycles. The SMILES string of the molecule is CSc1nc(CCCC2CCC(NC(=O)O)CC2)cc(-n2c(C(F)F)nc3ccccc32)n1. The smallest absolute Gasteiger partial charge is 0.404 e. The summed E-state index contributed by atoms with van der Waals surface area (Å²) in [6.45, 7) is 0. The number of nitrogens with one attached hydrogen (secondary N) is 1. The Morgan fingerprint density at radius 3 is 2.67 bits per heavy atom. The number of carbonyl (C=O) groups is 1. The molecule has 176 valence electrons. The third kappa shape index (κ3) is 5.61. The normalized spacial score (nSPS) is 18.7. The maximum absolute atomic E-state index is 13.8. The fraction of sp³-hybridized carbons (Fsp3) is 0.478. The summed E-state index contributed by atoms with van der Waals surface area (Å²) in [5.74, 6) is 0.662. The van der Waals surface area contributed by atoms with E-state index in [1.54, 1.807) is 30.3 Å². The molecular formula is C23H27F2N5O2S. The monoisotopic (exact) mass is 475 g/mol. The summed E-state index contributed by atoms with van der Waals surface area (Å²) in [6, 6.07) is 8.90. The number of aromatic nitrogens is 4. The number of amides is 1. The minimum atomic E-state index is -2.72. The average molecular weight is 476 g/mol. The number of halogens is 2. The van der Waals surface area contributed by atoms with E-state index in [-0.39, 0.29) is 11.9 Å². The van der Waals surface area contributed by atoms with Gasteiger partial charge in [-0.15, -0.1) is 0 Å². The Bertz CT molecular complexity index is 1120. The number of benzene rings is 1. The summed E-state index contributed by atoms with van der Waals surface area (Å²) in [5.41, 5.74) is 1.92. The lowest BCUT2D eigenvalue weighted by Crippen LogP contribution is -2.36. The zero-order chi connectivity index (χ0) is 23.4. The lowest BCUT2D eigenvalue weighted by atomic mass is 9.83. The average Bonchev–Trinajstić information content (AvgIpc) is 3.20. The fourth-order valence-corrected chi connectivity index (χ4v) is 4.96. The predicted molar refractivity (Wildman–Crippen MR) is 123 cm³/mol. The van der Waals surface area contributed by atoms with Gasteiger partial charge in [0.25, 0.3) is 6.43 Å². The number of hydrogen-bond acceptors (Lipinski definition) is 5. The molecule has 0 radical (unpaired) electrons. The Labute approximate surface area is 195 Å². The van der Waals surface area contributed by atoms with E-state index >= 15 is 0 Å². The quantitative estimate of drug-likeness (QED) is 0.324. The molecular weight excluding hydrogens is 448 g/mol. The van der Waals surface area contributed by atoms with E-state index in [1.807, 2.05) is 6.26 Å². The maximum Gasteiger partial charge on any atom is 0.404 e. The van der Waals surface area contributed by atoms with Crippen LogP contribution in [0.5, 0.6) is 0 Å². The standard InChI is InChI=1S/C23H27F2N5O2S/c1-33-22-26-16(6-4-5-14-9-11-15(12-10-14)27-23(31)32)13-19(29-22)30-18-8-3-2-7-17(18)28-21(30)20(24)25/h2-3,7-8,13-15,20,27H,4-6,9-12H2,1H3,(H,31,32). The van der Waals surface area contributed by atoms with E-state index in [0.29, 0.717) is 27.9 Å². The van der Waals surface area contributed by atoms with Gasteiger partial charge in [0, 0.05) is 17.8 Å². The summed E-state index contributed by atoms with van der Waals surface area (Å²) in [7, 11) is 0. The second-order valence-electron chi connectivity index (χ2n) is 8.36. The molecule has 1 aliphatic rings. The molecule has 7 nitrogen and oxygen atoms in total. The Balaban J connectivity index is 1.48. The number of rotatable bonds is 8. The molecule has 1 fully saturated rings. The van der Waals surface area contributed by atoms with Crippen LogP contribution < -0.4 is 5.32 Å². The summed E-state index contributed by atoms with van der Waals surface area (Å²) in [5, 5.41) is 12.0. The Morgan fingerprint density at radius 1 is 1.21 bits per heavy atom. The second-order valence-corrected chi connectivity index (χ2v) is 9.13. The first-order valence-electron chi connectivity index (χ1n) is 11.1. The first-order chi connectivity index (χ1) is 15.9. The number of imidazole rings is 1. The highest BCUT2D eigenvalue weighted by atomic mass is 32.2. The van der Waals surface area contributed by atoms with E-state index in [2.05, 4.69) is 20.3 Å². The minimum Gasteiger partial charge on any atom is -0.465 e. The zero-order valence-electron chi connectivity index (χ0n) is 18.4. The van der Waals surface area contributed by atoms with Crippen LogP contribution in [0, 0.1) is 5.92 Å². The van der Waals surface area contributed by atoms with E-state index in [0.717, 1.165) is 50.6 Å². The van der Waals surface area contributed by atoms with Gasteiger partial charge in [-0.25, -0.2) is 28.5 Å². The molecule has 0 aliphatic heterocycles. The third-order valence-corrected chi connectivity index (χ3v) is 6.71. The highest BCUT2D eigenvalue weighted by Crippen LogP contribution is 2.30. The van der Waals surface area contributed by atoms with Crippen molar-refractivity contribution in [3.05, 3.63) is 41.9 Å². The molecule has 10 heteroatoms. The van der Waals surface area contributed by atoms with Crippen LogP contribution in [-0.4, -0.2) is 43.0 Å². The Morgan fingerprint density at radius 2 is 1.97 bits per heavy atom. The molecule has 1 saturated carbocycles. The van der Waals surface area contributed by atoms with Crippen LogP contribution in [-0.2, 0) is 6.42 Å². The molecule has 3 aromatic rings. The number of aryl methyl sites for hydroxylation is 1. The van der Waals surface area contributed by atoms with Crippen molar-refractivity contribution in [2.45, 2.75) is 62.6 Å². The number of fused-ring (bicyclic) bond motifs is 1. The van der Waals surface area contributed by atoms with Gasteiger partial charge in [0.1, 0.15) is 5.82 Å². The molecule has 1 aliphatic carbocycles. The van der Waals surface area contributed by atoms with E-state index < -0.39 is 12.5 Å². The molecule has 0 spiro atoms. The highest BCUT2D eigenvalue weighted by molar-refractivity contribution is 7.98. The summed E-state index contributed by atoms with van der Waals surface area (Å²) >= 11 is 1.38. The van der Waals surface area contributed by atoms with Crippen LogP contribution in [0.15, 0.2) is 35.5 Å². The molecule has 1 amide bonds. The van der Waals surface area contributed by atoms with Gasteiger partial charge in [-0.2, -0.15) is 0 Å². The van der Waals surface area contributed by atoms with Crippen LogP contribution in [0.1, 0.15) is 56.5 Å². The number of thioether (sulfide) groups is 1. The molecule has 0 bridgehead atoms. The fourth-order valence-electron chi connectivity index (χ4n) is 4.57. The summed E-state index contributed by atoms with van der Waals surface area (Å²) < 4.78 is 29.0. The van der Waals surface area contributed by atoms with Crippen LogP contribution in [0.3, 0.4) is 0 Å². The molecule has 0 saturated heterocycles. The number of nitrogens with zero attached hydrogens (tertiary/aromatic N) is 4. The lowest BCUT2D eigenvalue weighted by molar-refractivity contribution is 0.139. The van der Waals surface area contributed by atoms with Crippen LogP contribution in [0.2, 0.25) is 0 Å². The third-order valence-electron chi connectivity index (χ3n) is 6.16. The van der Waals surface area contributed by atoms with Gasteiger partial charge in [0.15, 0.2) is 11.0 Å². The van der Waals surface area contributed by atoms with Gasteiger partial charge in [-0.3, -0.25) is 4.57 Å². The molecule has 0 atom stereocenters. The highest BCUT2D eigenvalue weighted by Gasteiger charge is 2.23. The first-order valence-corrected chi connectivity index (χ1v) is 12.3. The molecule has 1 aromatic carbocycles. The number of hydrogen-bond donors (Lipinski definition) is 2. The van der Waals surface area contributed by atoms with E-state index in [1.165, 1.54) is 16.3 Å². The van der Waals surface area contributed by atoms with Crippen molar-refractivity contribution in [3.8, 4) is 5.82 Å². The molecule has 2 N–H and O–H groups in total. The Kier molecular flexibility index (Phi) is 7.42. The maximum atomic E-state index is 13.8. The van der Waals surface area contributed by atoms with Crippen molar-refractivity contribution in [2.24, 2.45) is 5.92 Å². The molecule has 0 unspecified atom stereocenters. The molecule has 33 heavy (non-hydrogen) atoms. The van der Waals surface area contributed by atoms with Crippen molar-refractivity contribution in [1.29, 1.82) is 0 Å². The van der Waals surface area contributed by atoms with Crippen LogP contribution in [0.25, 0.3) is 16.9 Å². The summed E-state index contributed by atoms with van der Waals surface area (Å²) in [6.07, 6.45) is 4.64. The first kappa shape index (κ1) is 23.4.